The van der Waals surface area contributed by atoms with Crippen molar-refractivity contribution in [3.63, 3.8) is 0 Å². The molecule has 0 spiro atoms. The van der Waals surface area contributed by atoms with Gasteiger partial charge in [-0.3, -0.25) is 9.47 Å². The number of benzene rings is 2. The quantitative estimate of drug-likeness (QED) is 0.282. The van der Waals surface area contributed by atoms with E-state index in [1.54, 1.807) is 10.8 Å². The van der Waals surface area contributed by atoms with Crippen LogP contribution in [0.15, 0.2) is 54.7 Å². The van der Waals surface area contributed by atoms with Gasteiger partial charge in [-0.05, 0) is 36.2 Å². The van der Waals surface area contributed by atoms with E-state index in [0.29, 0.717) is 41.4 Å². The summed E-state index contributed by atoms with van der Waals surface area (Å²) in [6, 6.07) is 11.9. The van der Waals surface area contributed by atoms with Crippen LogP contribution in [0.3, 0.4) is 0 Å². The second-order valence-corrected chi connectivity index (χ2v) is 10.7. The number of fused-ring (bicyclic) bond motifs is 3. The second kappa shape index (κ2) is 10.8. The number of aryl methyl sites for hydroxylation is 1. The molecule has 0 bridgehead atoms. The summed E-state index contributed by atoms with van der Waals surface area (Å²) in [6.07, 6.45) is 1.47. The zero-order valence-electron chi connectivity index (χ0n) is 20.4. The number of rotatable bonds is 6. The molecule has 198 valence electrons. The van der Waals surface area contributed by atoms with Gasteiger partial charge in [0.1, 0.15) is 5.75 Å². The Labute approximate surface area is 226 Å². The molecular weight excluding hydrogens is 537 g/mol. The molecule has 0 saturated heterocycles. The molecule has 0 saturated carbocycles. The Hall–Kier alpha value is -3.34. The lowest BCUT2D eigenvalue weighted by Crippen LogP contribution is -2.34. The van der Waals surface area contributed by atoms with Gasteiger partial charge in [-0.2, -0.15) is 0 Å². The van der Waals surface area contributed by atoms with Gasteiger partial charge in [0, 0.05) is 48.2 Å². The van der Waals surface area contributed by atoms with Crippen molar-refractivity contribution in [3.8, 4) is 5.75 Å². The molecule has 0 aliphatic carbocycles. The Morgan fingerprint density at radius 1 is 1.24 bits per heavy atom. The number of amides is 1. The van der Waals surface area contributed by atoms with Crippen molar-refractivity contribution in [1.82, 2.24) is 19.8 Å². The Balaban J connectivity index is 1.42. The first kappa shape index (κ1) is 26.3. The minimum Gasteiger partial charge on any atom is -0.406 e. The maximum atomic E-state index is 13.3. The van der Waals surface area contributed by atoms with Crippen LogP contribution in [-0.4, -0.2) is 39.9 Å². The molecule has 2 aromatic carbocycles. The summed E-state index contributed by atoms with van der Waals surface area (Å²) in [5, 5.41) is 3.44. The Morgan fingerprint density at radius 2 is 2.03 bits per heavy atom. The molecule has 5 rings (SSSR count). The van der Waals surface area contributed by atoms with Crippen LogP contribution in [0.25, 0.3) is 17.0 Å². The first-order chi connectivity index (χ1) is 18.2. The molecular formula is C27H24ClF3N4O2S. The predicted molar refractivity (Wildman–Crippen MR) is 143 cm³/mol. The summed E-state index contributed by atoms with van der Waals surface area (Å²) in [5.41, 5.74) is 4.41. The van der Waals surface area contributed by atoms with E-state index in [1.807, 2.05) is 13.0 Å². The number of nitrogens with zero attached hydrogens (tertiary/aromatic N) is 3. The van der Waals surface area contributed by atoms with E-state index in [1.165, 1.54) is 35.1 Å². The molecule has 38 heavy (non-hydrogen) atoms. The Kier molecular flexibility index (Phi) is 7.47. The third-order valence-electron chi connectivity index (χ3n) is 6.33. The standard InChI is InChI=1S/C27H24ClF3N4O2S/c1-17-4-6-18(7-5-17)3-2-11-34-12-10-24-22(16-34)21-13-19(37-27(29,30)31)8-9-23(21)35(24)26(36)33-15-20-14-32-25(28)38-20/h2-9,13-14H,10-12,15-16H2,1H3,(H,33,36)/b3-2+. The van der Waals surface area contributed by atoms with Gasteiger partial charge in [0.25, 0.3) is 0 Å². The van der Waals surface area contributed by atoms with E-state index in [9.17, 15) is 18.0 Å². The molecule has 0 unspecified atom stereocenters. The number of aromatic nitrogens is 2. The van der Waals surface area contributed by atoms with Gasteiger partial charge < -0.3 is 10.1 Å². The molecule has 1 amide bonds. The zero-order chi connectivity index (χ0) is 26.9. The highest BCUT2D eigenvalue weighted by molar-refractivity contribution is 7.15. The lowest BCUT2D eigenvalue weighted by molar-refractivity contribution is -0.274. The average molecular weight is 561 g/mol. The maximum absolute atomic E-state index is 13.3. The van der Waals surface area contributed by atoms with Crippen molar-refractivity contribution in [3.05, 3.63) is 86.5 Å². The predicted octanol–water partition coefficient (Wildman–Crippen LogP) is 6.79. The molecule has 0 fully saturated rings. The van der Waals surface area contributed by atoms with E-state index in [0.717, 1.165) is 21.7 Å². The number of nitrogens with one attached hydrogen (secondary N) is 1. The molecule has 1 aliphatic heterocycles. The molecule has 2 aromatic heterocycles. The number of alkyl halides is 3. The van der Waals surface area contributed by atoms with E-state index in [-0.39, 0.29) is 18.3 Å². The van der Waals surface area contributed by atoms with Crippen molar-refractivity contribution in [1.29, 1.82) is 0 Å². The third kappa shape index (κ3) is 6.03. The molecule has 1 N–H and O–H groups in total. The number of carbonyl (C=O) groups is 1. The molecule has 6 nitrogen and oxygen atoms in total. The Bertz CT molecular complexity index is 1490. The molecule has 0 atom stereocenters. The van der Waals surface area contributed by atoms with Crippen LogP contribution in [0.2, 0.25) is 4.47 Å². The minimum atomic E-state index is -4.81. The molecule has 11 heteroatoms. The summed E-state index contributed by atoms with van der Waals surface area (Å²) in [6.45, 7) is 4.13. The number of thiazole rings is 1. The summed E-state index contributed by atoms with van der Waals surface area (Å²) in [4.78, 5) is 20.3. The summed E-state index contributed by atoms with van der Waals surface area (Å²) >= 11 is 7.16. The van der Waals surface area contributed by atoms with Gasteiger partial charge in [-0.1, -0.05) is 53.6 Å². The molecule has 0 radical (unpaired) electrons. The largest absolute Gasteiger partial charge is 0.573 e. The van der Waals surface area contributed by atoms with Gasteiger partial charge in [0.15, 0.2) is 4.47 Å². The average Bonchev–Trinajstić information content (AvgIpc) is 3.43. The summed E-state index contributed by atoms with van der Waals surface area (Å²) < 4.78 is 44.9. The van der Waals surface area contributed by atoms with Crippen LogP contribution in [0, 0.1) is 6.92 Å². The van der Waals surface area contributed by atoms with Crippen LogP contribution >= 0.6 is 22.9 Å². The SMILES string of the molecule is Cc1ccc(/C=C/CN2CCc3c(c4cc(OC(F)(F)F)ccc4n3C(=O)NCc3cnc(Cl)s3)C2)cc1. The van der Waals surface area contributed by atoms with E-state index >= 15 is 0 Å². The van der Waals surface area contributed by atoms with Crippen molar-refractivity contribution in [2.75, 3.05) is 13.1 Å². The second-order valence-electron chi connectivity index (χ2n) is 9.02. The monoisotopic (exact) mass is 560 g/mol. The van der Waals surface area contributed by atoms with Crippen molar-refractivity contribution >= 4 is 45.9 Å². The first-order valence-electron chi connectivity index (χ1n) is 11.9. The zero-order valence-corrected chi connectivity index (χ0v) is 22.0. The highest BCUT2D eigenvalue weighted by Crippen LogP contribution is 2.35. The normalized spacial score (nSPS) is 14.2. The van der Waals surface area contributed by atoms with Crippen LogP contribution in [-0.2, 0) is 19.5 Å². The van der Waals surface area contributed by atoms with E-state index in [2.05, 4.69) is 50.3 Å². The van der Waals surface area contributed by atoms with E-state index in [4.69, 9.17) is 11.6 Å². The minimum absolute atomic E-state index is 0.239. The fraction of sp³-hybridized carbons (Fsp3) is 0.259. The van der Waals surface area contributed by atoms with E-state index < -0.39 is 6.36 Å². The molecule has 1 aliphatic rings. The number of ether oxygens (including phenoxy) is 1. The van der Waals surface area contributed by atoms with Crippen molar-refractivity contribution in [2.24, 2.45) is 0 Å². The van der Waals surface area contributed by atoms with Gasteiger partial charge in [0.2, 0.25) is 0 Å². The highest BCUT2D eigenvalue weighted by atomic mass is 35.5. The van der Waals surface area contributed by atoms with Crippen molar-refractivity contribution < 1.29 is 22.7 Å². The summed E-state index contributed by atoms with van der Waals surface area (Å²) in [7, 11) is 0. The lowest BCUT2D eigenvalue weighted by Gasteiger charge is -2.27. The number of carbonyl (C=O) groups excluding carboxylic acids is 1. The number of hydrogen-bond donors (Lipinski definition) is 1. The maximum Gasteiger partial charge on any atom is 0.573 e. The van der Waals surface area contributed by atoms with Crippen LogP contribution < -0.4 is 10.1 Å². The highest BCUT2D eigenvalue weighted by Gasteiger charge is 2.32. The van der Waals surface area contributed by atoms with Crippen LogP contribution in [0.4, 0.5) is 18.0 Å². The van der Waals surface area contributed by atoms with Gasteiger partial charge in [0.05, 0.1) is 12.1 Å². The summed E-state index contributed by atoms with van der Waals surface area (Å²) in [5.74, 6) is -0.318. The van der Waals surface area contributed by atoms with Gasteiger partial charge in [-0.25, -0.2) is 9.78 Å². The fourth-order valence-electron chi connectivity index (χ4n) is 4.60. The van der Waals surface area contributed by atoms with Crippen molar-refractivity contribution in [2.45, 2.75) is 32.8 Å². The first-order valence-corrected chi connectivity index (χ1v) is 13.1. The number of hydrogen-bond acceptors (Lipinski definition) is 5. The topological polar surface area (TPSA) is 59.4 Å². The van der Waals surface area contributed by atoms with Crippen LogP contribution in [0.5, 0.6) is 5.75 Å². The number of halogens is 4. The van der Waals surface area contributed by atoms with Gasteiger partial charge >= 0.3 is 12.4 Å². The molecule has 3 heterocycles. The lowest BCUT2D eigenvalue weighted by atomic mass is 10.0. The fourth-order valence-corrected chi connectivity index (χ4v) is 5.52. The molecule has 4 aromatic rings. The Morgan fingerprint density at radius 3 is 2.74 bits per heavy atom. The smallest absolute Gasteiger partial charge is 0.406 e. The third-order valence-corrected chi connectivity index (χ3v) is 7.44. The van der Waals surface area contributed by atoms with Crippen LogP contribution in [0.1, 0.15) is 27.3 Å². The van der Waals surface area contributed by atoms with Gasteiger partial charge in [-0.15, -0.1) is 24.5 Å².